The maximum absolute atomic E-state index is 14.0. The largest absolute Gasteiger partial charge is 0.444 e. The van der Waals surface area contributed by atoms with E-state index in [1.807, 2.05) is 68.6 Å². The van der Waals surface area contributed by atoms with Crippen molar-refractivity contribution in [2.45, 2.75) is 65.3 Å². The smallest absolute Gasteiger partial charge is 0.408 e. The first-order chi connectivity index (χ1) is 18.0. The summed E-state index contributed by atoms with van der Waals surface area (Å²) in [7, 11) is 0. The van der Waals surface area contributed by atoms with Crippen LogP contribution in [0.2, 0.25) is 0 Å². The third-order valence-electron chi connectivity index (χ3n) is 5.80. The Kier molecular flexibility index (Phi) is 11.9. The molecule has 2 rings (SSSR count). The van der Waals surface area contributed by atoms with Crippen molar-refractivity contribution in [3.05, 3.63) is 83.4 Å². The summed E-state index contributed by atoms with van der Waals surface area (Å²) < 4.78 is 5.42. The maximum atomic E-state index is 14.0. The molecular formula is C30H41N3O4S. The van der Waals surface area contributed by atoms with Crippen molar-refractivity contribution < 1.29 is 19.1 Å². The van der Waals surface area contributed by atoms with Crippen LogP contribution in [0.1, 0.15) is 55.5 Å². The molecule has 206 valence electrons. The highest BCUT2D eigenvalue weighted by atomic mass is 32.2. The van der Waals surface area contributed by atoms with Crippen LogP contribution < -0.4 is 10.6 Å². The molecule has 8 heteroatoms. The Balaban J connectivity index is 2.46. The normalized spacial score (nSPS) is 12.7. The van der Waals surface area contributed by atoms with Gasteiger partial charge in [-0.2, -0.15) is 11.8 Å². The Labute approximate surface area is 231 Å². The number of thioether (sulfide) groups is 1. The molecule has 0 saturated carbocycles. The highest BCUT2D eigenvalue weighted by molar-refractivity contribution is 7.98. The fourth-order valence-corrected chi connectivity index (χ4v) is 4.54. The van der Waals surface area contributed by atoms with Gasteiger partial charge in [-0.15, -0.1) is 6.58 Å². The molecular weight excluding hydrogens is 498 g/mol. The number of amides is 3. The van der Waals surface area contributed by atoms with Crippen LogP contribution in [0.25, 0.3) is 0 Å². The minimum atomic E-state index is -0.915. The van der Waals surface area contributed by atoms with Crippen molar-refractivity contribution in [1.82, 2.24) is 15.5 Å². The Hall–Kier alpha value is -3.26. The van der Waals surface area contributed by atoms with Crippen LogP contribution in [0.3, 0.4) is 0 Å². The number of alkyl carbamates (subject to hydrolysis) is 1. The number of carbonyl (C=O) groups excluding carboxylic acids is 3. The van der Waals surface area contributed by atoms with Gasteiger partial charge in [-0.25, -0.2) is 4.79 Å². The molecule has 0 saturated heterocycles. The first kappa shape index (κ1) is 31.0. The summed E-state index contributed by atoms with van der Waals surface area (Å²) in [4.78, 5) is 41.9. The van der Waals surface area contributed by atoms with E-state index in [-0.39, 0.29) is 18.4 Å². The van der Waals surface area contributed by atoms with Crippen LogP contribution in [-0.2, 0) is 20.9 Å². The summed E-state index contributed by atoms with van der Waals surface area (Å²) in [5.41, 5.74) is 2.91. The Morgan fingerprint density at radius 3 is 2.37 bits per heavy atom. The zero-order valence-electron chi connectivity index (χ0n) is 23.4. The molecule has 0 aliphatic rings. The number of nitrogens with one attached hydrogen (secondary N) is 2. The third kappa shape index (κ3) is 9.56. The van der Waals surface area contributed by atoms with E-state index < -0.39 is 23.8 Å². The standard InChI is InChI=1S/C30H41N3O4S/c1-8-17-33(28(35)25(16-18-38-7)32-29(36)37-30(4,5)6)26(24-15-14-21(2)19-22(24)3)27(34)31-20-23-12-10-9-11-13-23/h8-15,19,25-26H,1,16-18,20H2,2-7H3,(H,31,34)(H,32,36). The molecule has 2 aromatic rings. The molecule has 0 fully saturated rings. The molecule has 0 aliphatic carbocycles. The number of aryl methyl sites for hydroxylation is 2. The van der Waals surface area contributed by atoms with Crippen molar-refractivity contribution in [1.29, 1.82) is 0 Å². The zero-order valence-corrected chi connectivity index (χ0v) is 24.2. The molecule has 2 atom stereocenters. The first-order valence-corrected chi connectivity index (χ1v) is 14.1. The lowest BCUT2D eigenvalue weighted by atomic mass is 9.96. The summed E-state index contributed by atoms with van der Waals surface area (Å²) in [6, 6.07) is 13.6. The molecule has 2 unspecified atom stereocenters. The predicted octanol–water partition coefficient (Wildman–Crippen LogP) is 5.32. The van der Waals surface area contributed by atoms with Crippen molar-refractivity contribution in [2.24, 2.45) is 0 Å². The highest BCUT2D eigenvalue weighted by Gasteiger charge is 2.36. The lowest BCUT2D eigenvalue weighted by Crippen LogP contribution is -2.53. The van der Waals surface area contributed by atoms with Crippen molar-refractivity contribution >= 4 is 29.7 Å². The molecule has 0 spiro atoms. The molecule has 7 nitrogen and oxygen atoms in total. The van der Waals surface area contributed by atoms with Crippen LogP contribution in [0, 0.1) is 13.8 Å². The van der Waals surface area contributed by atoms with E-state index in [1.54, 1.807) is 38.6 Å². The molecule has 0 bridgehead atoms. The second-order valence-corrected chi connectivity index (χ2v) is 11.2. The third-order valence-corrected chi connectivity index (χ3v) is 6.44. The van der Waals surface area contributed by atoms with Crippen LogP contribution in [0.4, 0.5) is 4.79 Å². The van der Waals surface area contributed by atoms with Gasteiger partial charge in [0.25, 0.3) is 0 Å². The van der Waals surface area contributed by atoms with E-state index in [1.165, 1.54) is 4.90 Å². The van der Waals surface area contributed by atoms with Crippen LogP contribution in [0.15, 0.2) is 61.2 Å². The number of nitrogens with zero attached hydrogens (tertiary/aromatic N) is 1. The lowest BCUT2D eigenvalue weighted by molar-refractivity contribution is -0.142. The quantitative estimate of drug-likeness (QED) is 0.357. The molecule has 0 aliphatic heterocycles. The molecule has 3 amide bonds. The van der Waals surface area contributed by atoms with E-state index in [9.17, 15) is 14.4 Å². The van der Waals surface area contributed by atoms with Crippen LogP contribution >= 0.6 is 11.8 Å². The van der Waals surface area contributed by atoms with Crippen molar-refractivity contribution in [3.63, 3.8) is 0 Å². The van der Waals surface area contributed by atoms with Gasteiger partial charge in [-0.1, -0.05) is 60.2 Å². The average molecular weight is 540 g/mol. The summed E-state index contributed by atoms with van der Waals surface area (Å²) in [5, 5.41) is 5.75. The Morgan fingerprint density at radius 2 is 1.79 bits per heavy atom. The second kappa shape index (κ2) is 14.6. The minimum absolute atomic E-state index is 0.126. The Bertz CT molecular complexity index is 1100. The monoisotopic (exact) mass is 539 g/mol. The number of ether oxygens (including phenoxy) is 1. The zero-order chi connectivity index (χ0) is 28.3. The summed E-state index contributed by atoms with van der Waals surface area (Å²) in [6.07, 6.45) is 3.24. The van der Waals surface area contributed by atoms with E-state index >= 15 is 0 Å². The minimum Gasteiger partial charge on any atom is -0.444 e. The van der Waals surface area contributed by atoms with Crippen LogP contribution in [0.5, 0.6) is 0 Å². The van der Waals surface area contributed by atoms with E-state index in [0.717, 1.165) is 22.3 Å². The number of hydrogen-bond donors (Lipinski definition) is 2. The molecule has 0 radical (unpaired) electrons. The number of carbonyl (C=O) groups is 3. The van der Waals surface area contributed by atoms with E-state index in [2.05, 4.69) is 17.2 Å². The van der Waals surface area contributed by atoms with Gasteiger partial charge in [0.05, 0.1) is 0 Å². The molecule has 0 heterocycles. The lowest BCUT2D eigenvalue weighted by Gasteiger charge is -2.34. The average Bonchev–Trinajstić information content (AvgIpc) is 2.85. The topological polar surface area (TPSA) is 87.7 Å². The van der Waals surface area contributed by atoms with Gasteiger partial charge in [0.15, 0.2) is 0 Å². The summed E-state index contributed by atoms with van der Waals surface area (Å²) in [5.74, 6) is -0.0377. The summed E-state index contributed by atoms with van der Waals surface area (Å²) in [6.45, 7) is 13.5. The van der Waals surface area contributed by atoms with Gasteiger partial charge in [-0.3, -0.25) is 9.59 Å². The fraction of sp³-hybridized carbons (Fsp3) is 0.433. The van der Waals surface area contributed by atoms with Gasteiger partial charge in [0.1, 0.15) is 17.7 Å². The fourth-order valence-electron chi connectivity index (χ4n) is 4.07. The predicted molar refractivity (Wildman–Crippen MR) is 155 cm³/mol. The molecule has 2 N–H and O–H groups in total. The van der Waals surface area contributed by atoms with Crippen LogP contribution in [-0.4, -0.2) is 53.0 Å². The SMILES string of the molecule is C=CCN(C(=O)C(CCSC)NC(=O)OC(C)(C)C)C(C(=O)NCc1ccccc1)c1ccc(C)cc1C. The molecule has 0 aromatic heterocycles. The van der Waals surface area contributed by atoms with Gasteiger partial charge in [0, 0.05) is 13.1 Å². The maximum Gasteiger partial charge on any atom is 0.408 e. The van der Waals surface area contributed by atoms with Crippen molar-refractivity contribution in [3.8, 4) is 0 Å². The second-order valence-electron chi connectivity index (χ2n) is 10.2. The number of hydrogen-bond acceptors (Lipinski definition) is 5. The van der Waals surface area contributed by atoms with Gasteiger partial charge in [-0.05, 0) is 69.7 Å². The molecule has 38 heavy (non-hydrogen) atoms. The first-order valence-electron chi connectivity index (χ1n) is 12.8. The van der Waals surface area contributed by atoms with Crippen molar-refractivity contribution in [2.75, 3.05) is 18.6 Å². The van der Waals surface area contributed by atoms with E-state index in [4.69, 9.17) is 4.74 Å². The van der Waals surface area contributed by atoms with E-state index in [0.29, 0.717) is 18.7 Å². The Morgan fingerprint density at radius 1 is 1.11 bits per heavy atom. The van der Waals surface area contributed by atoms with Gasteiger partial charge in [0.2, 0.25) is 11.8 Å². The van der Waals surface area contributed by atoms with Gasteiger partial charge < -0.3 is 20.3 Å². The number of benzene rings is 2. The number of rotatable bonds is 12. The van der Waals surface area contributed by atoms with Gasteiger partial charge >= 0.3 is 6.09 Å². The summed E-state index contributed by atoms with van der Waals surface area (Å²) >= 11 is 1.57. The highest BCUT2D eigenvalue weighted by Crippen LogP contribution is 2.27. The molecule has 2 aromatic carbocycles.